The highest BCUT2D eigenvalue weighted by atomic mass is 35.5. The standard InChI is InChI=1S/C20H20ClN3O3/c1-23(13-16-10-14-4-2-3-5-18(14)27-16)19-17(21)11-15(12-22-19)20(25)24-6-8-26-9-7-24/h2-5,10-12H,6-9,13H2,1H3. The number of hydrogen-bond donors (Lipinski definition) is 0. The van der Waals surface area contributed by atoms with E-state index < -0.39 is 0 Å². The molecule has 1 saturated heterocycles. The maximum Gasteiger partial charge on any atom is 0.255 e. The summed E-state index contributed by atoms with van der Waals surface area (Å²) in [7, 11) is 1.89. The fourth-order valence-corrected chi connectivity index (χ4v) is 3.51. The summed E-state index contributed by atoms with van der Waals surface area (Å²) in [5.41, 5.74) is 1.34. The lowest BCUT2D eigenvalue weighted by Gasteiger charge is -2.27. The van der Waals surface area contributed by atoms with Gasteiger partial charge in [0, 0.05) is 31.7 Å². The van der Waals surface area contributed by atoms with E-state index in [1.54, 1.807) is 17.2 Å². The Morgan fingerprint density at radius 1 is 1.26 bits per heavy atom. The molecule has 0 aliphatic carbocycles. The number of carbonyl (C=O) groups is 1. The first-order valence-corrected chi connectivity index (χ1v) is 9.21. The molecular weight excluding hydrogens is 366 g/mol. The van der Waals surface area contributed by atoms with Crippen LogP contribution in [0, 0.1) is 0 Å². The molecule has 1 amide bonds. The van der Waals surface area contributed by atoms with Crippen LogP contribution in [0.2, 0.25) is 5.02 Å². The molecule has 1 aliphatic heterocycles. The minimum absolute atomic E-state index is 0.0702. The van der Waals surface area contributed by atoms with Gasteiger partial charge in [0.05, 0.1) is 30.3 Å². The fraction of sp³-hybridized carbons (Fsp3) is 0.300. The topological polar surface area (TPSA) is 58.8 Å². The number of amides is 1. The van der Waals surface area contributed by atoms with Crippen LogP contribution in [-0.2, 0) is 11.3 Å². The number of pyridine rings is 1. The Labute approximate surface area is 162 Å². The average Bonchev–Trinajstić information content (AvgIpc) is 3.10. The van der Waals surface area contributed by atoms with Crippen LogP contribution in [0.4, 0.5) is 5.82 Å². The van der Waals surface area contributed by atoms with Crippen LogP contribution in [0.3, 0.4) is 0 Å². The number of halogens is 1. The lowest BCUT2D eigenvalue weighted by atomic mass is 10.2. The first kappa shape index (κ1) is 17.8. The summed E-state index contributed by atoms with van der Waals surface area (Å²) in [6.07, 6.45) is 1.58. The van der Waals surface area contributed by atoms with Gasteiger partial charge in [-0.25, -0.2) is 4.98 Å². The number of aromatic nitrogens is 1. The molecule has 0 unspecified atom stereocenters. The van der Waals surface area contributed by atoms with E-state index in [9.17, 15) is 4.79 Å². The largest absolute Gasteiger partial charge is 0.459 e. The predicted molar refractivity (Wildman–Crippen MR) is 104 cm³/mol. The van der Waals surface area contributed by atoms with Crippen molar-refractivity contribution < 1.29 is 13.9 Å². The maximum absolute atomic E-state index is 12.6. The van der Waals surface area contributed by atoms with Crippen molar-refractivity contribution in [1.82, 2.24) is 9.88 Å². The van der Waals surface area contributed by atoms with Crippen molar-refractivity contribution >= 4 is 34.3 Å². The van der Waals surface area contributed by atoms with Gasteiger partial charge in [0.25, 0.3) is 5.91 Å². The van der Waals surface area contributed by atoms with Crippen molar-refractivity contribution in [3.8, 4) is 0 Å². The predicted octanol–water partition coefficient (Wildman–Crippen LogP) is 3.59. The highest BCUT2D eigenvalue weighted by Gasteiger charge is 2.20. The van der Waals surface area contributed by atoms with E-state index in [0.717, 1.165) is 16.7 Å². The number of nitrogens with zero attached hydrogens (tertiary/aromatic N) is 3. The van der Waals surface area contributed by atoms with Gasteiger partial charge in [-0.05, 0) is 18.2 Å². The Morgan fingerprint density at radius 2 is 2.04 bits per heavy atom. The number of furan rings is 1. The molecule has 140 valence electrons. The molecule has 1 aromatic carbocycles. The summed E-state index contributed by atoms with van der Waals surface area (Å²) in [6, 6.07) is 11.6. The molecule has 3 heterocycles. The summed E-state index contributed by atoms with van der Waals surface area (Å²) in [4.78, 5) is 20.6. The molecule has 0 atom stereocenters. The first-order valence-electron chi connectivity index (χ1n) is 8.83. The summed E-state index contributed by atoms with van der Waals surface area (Å²) in [5.74, 6) is 1.36. The zero-order valence-corrected chi connectivity index (χ0v) is 15.8. The Bertz CT molecular complexity index is 933. The molecule has 3 aromatic rings. The van der Waals surface area contributed by atoms with Gasteiger partial charge in [-0.1, -0.05) is 29.8 Å². The minimum atomic E-state index is -0.0702. The van der Waals surface area contributed by atoms with Gasteiger partial charge < -0.3 is 19.0 Å². The van der Waals surface area contributed by atoms with Crippen LogP contribution < -0.4 is 4.90 Å². The number of para-hydroxylation sites is 1. The number of morpholine rings is 1. The summed E-state index contributed by atoms with van der Waals surface area (Å²) in [5, 5.41) is 1.50. The second kappa shape index (κ2) is 7.58. The summed E-state index contributed by atoms with van der Waals surface area (Å²) >= 11 is 6.42. The zero-order valence-electron chi connectivity index (χ0n) is 15.0. The lowest BCUT2D eigenvalue weighted by Crippen LogP contribution is -2.40. The Kier molecular flexibility index (Phi) is 5.01. The molecule has 0 bridgehead atoms. The van der Waals surface area contributed by atoms with E-state index in [4.69, 9.17) is 20.8 Å². The van der Waals surface area contributed by atoms with E-state index >= 15 is 0 Å². The highest BCUT2D eigenvalue weighted by molar-refractivity contribution is 6.33. The molecule has 7 heteroatoms. The van der Waals surface area contributed by atoms with Crippen LogP contribution in [-0.4, -0.2) is 49.1 Å². The molecule has 0 N–H and O–H groups in total. The van der Waals surface area contributed by atoms with Gasteiger partial charge >= 0.3 is 0 Å². The Morgan fingerprint density at radius 3 is 2.78 bits per heavy atom. The van der Waals surface area contributed by atoms with Gasteiger partial charge in [-0.2, -0.15) is 0 Å². The number of ether oxygens (including phenoxy) is 1. The number of hydrogen-bond acceptors (Lipinski definition) is 5. The fourth-order valence-electron chi connectivity index (χ4n) is 3.20. The molecule has 27 heavy (non-hydrogen) atoms. The lowest BCUT2D eigenvalue weighted by molar-refractivity contribution is 0.0302. The van der Waals surface area contributed by atoms with Crippen molar-refractivity contribution in [2.24, 2.45) is 0 Å². The number of anilines is 1. The van der Waals surface area contributed by atoms with Gasteiger partial charge in [0.2, 0.25) is 0 Å². The Balaban J connectivity index is 1.50. The molecule has 0 spiro atoms. The van der Waals surface area contributed by atoms with Crippen molar-refractivity contribution in [3.05, 3.63) is 58.9 Å². The highest BCUT2D eigenvalue weighted by Crippen LogP contribution is 2.27. The van der Waals surface area contributed by atoms with Crippen LogP contribution in [0.5, 0.6) is 0 Å². The SMILES string of the molecule is CN(Cc1cc2ccccc2o1)c1ncc(C(=O)N2CCOCC2)cc1Cl. The molecule has 4 rings (SSSR count). The molecule has 2 aromatic heterocycles. The third-order valence-electron chi connectivity index (χ3n) is 4.60. The van der Waals surface area contributed by atoms with E-state index in [1.807, 2.05) is 42.3 Å². The second-order valence-electron chi connectivity index (χ2n) is 6.54. The zero-order chi connectivity index (χ0) is 18.8. The number of benzene rings is 1. The maximum atomic E-state index is 12.6. The third kappa shape index (κ3) is 3.77. The van der Waals surface area contributed by atoms with E-state index in [1.165, 1.54) is 0 Å². The van der Waals surface area contributed by atoms with Crippen LogP contribution in [0.1, 0.15) is 16.1 Å². The quantitative estimate of drug-likeness (QED) is 0.687. The third-order valence-corrected chi connectivity index (χ3v) is 4.88. The molecule has 1 aliphatic rings. The van der Waals surface area contributed by atoms with Crippen molar-refractivity contribution in [2.75, 3.05) is 38.3 Å². The normalized spacial score (nSPS) is 14.5. The van der Waals surface area contributed by atoms with Crippen molar-refractivity contribution in [3.63, 3.8) is 0 Å². The van der Waals surface area contributed by atoms with E-state index in [2.05, 4.69) is 4.98 Å². The number of fused-ring (bicyclic) bond motifs is 1. The molecule has 6 nitrogen and oxygen atoms in total. The van der Waals surface area contributed by atoms with Gasteiger partial charge in [0.1, 0.15) is 17.2 Å². The van der Waals surface area contributed by atoms with Gasteiger partial charge in [-0.3, -0.25) is 4.79 Å². The second-order valence-corrected chi connectivity index (χ2v) is 6.95. The molecule has 1 fully saturated rings. The average molecular weight is 386 g/mol. The van der Waals surface area contributed by atoms with Crippen LogP contribution >= 0.6 is 11.6 Å². The number of carbonyl (C=O) groups excluding carboxylic acids is 1. The molecular formula is C20H20ClN3O3. The monoisotopic (exact) mass is 385 g/mol. The van der Waals surface area contributed by atoms with Crippen molar-refractivity contribution in [1.29, 1.82) is 0 Å². The van der Waals surface area contributed by atoms with Crippen LogP contribution in [0.25, 0.3) is 11.0 Å². The summed E-state index contributed by atoms with van der Waals surface area (Å²) in [6.45, 7) is 2.82. The van der Waals surface area contributed by atoms with E-state index in [-0.39, 0.29) is 5.91 Å². The molecule has 0 radical (unpaired) electrons. The summed E-state index contributed by atoms with van der Waals surface area (Å²) < 4.78 is 11.1. The molecule has 0 saturated carbocycles. The van der Waals surface area contributed by atoms with Gasteiger partial charge in [-0.15, -0.1) is 0 Å². The van der Waals surface area contributed by atoms with Gasteiger partial charge in [0.15, 0.2) is 0 Å². The Hall–Kier alpha value is -2.57. The number of rotatable bonds is 4. The first-order chi connectivity index (χ1) is 13.1. The minimum Gasteiger partial charge on any atom is -0.459 e. The smallest absolute Gasteiger partial charge is 0.255 e. The van der Waals surface area contributed by atoms with E-state index in [0.29, 0.717) is 49.3 Å². The van der Waals surface area contributed by atoms with Crippen LogP contribution in [0.15, 0.2) is 47.0 Å². The van der Waals surface area contributed by atoms with Crippen molar-refractivity contribution in [2.45, 2.75) is 6.54 Å².